The highest BCUT2D eigenvalue weighted by Gasteiger charge is 2.21. The second-order valence-electron chi connectivity index (χ2n) is 6.80. The maximum Gasteiger partial charge on any atom is 0.355 e. The van der Waals surface area contributed by atoms with Crippen molar-refractivity contribution in [3.63, 3.8) is 0 Å². The summed E-state index contributed by atoms with van der Waals surface area (Å²) in [5.41, 5.74) is 13.3. The molecule has 1 amide bonds. The van der Waals surface area contributed by atoms with E-state index in [1.54, 1.807) is 12.1 Å². The molecule has 0 atom stereocenters. The van der Waals surface area contributed by atoms with Crippen molar-refractivity contribution >= 4 is 27.6 Å². The Bertz CT molecular complexity index is 1390. The fourth-order valence-corrected chi connectivity index (χ4v) is 3.82. The van der Waals surface area contributed by atoms with Gasteiger partial charge in [0, 0.05) is 23.7 Å². The molecule has 0 unspecified atom stereocenters. The van der Waals surface area contributed by atoms with Gasteiger partial charge in [-0.2, -0.15) is 0 Å². The van der Waals surface area contributed by atoms with E-state index in [1.165, 1.54) is 36.5 Å². The molecule has 3 aromatic rings. The molecule has 0 radical (unpaired) electrons. The van der Waals surface area contributed by atoms with Crippen molar-refractivity contribution in [2.75, 3.05) is 5.73 Å². The summed E-state index contributed by atoms with van der Waals surface area (Å²) in [6, 6.07) is 10.0. The van der Waals surface area contributed by atoms with Crippen molar-refractivity contribution < 1.29 is 23.1 Å². The molecule has 2 aromatic carbocycles. The largest absolute Gasteiger partial charge is 0.476 e. The molecule has 7 N–H and O–H groups in total. The summed E-state index contributed by atoms with van der Waals surface area (Å²) in [6.45, 7) is 0. The van der Waals surface area contributed by atoms with E-state index in [4.69, 9.17) is 23.0 Å². The van der Waals surface area contributed by atoms with E-state index in [-0.39, 0.29) is 33.8 Å². The van der Waals surface area contributed by atoms with Crippen LogP contribution in [0.5, 0.6) is 0 Å². The molecule has 10 heteroatoms. The third-order valence-electron chi connectivity index (χ3n) is 4.76. The zero-order valence-electron chi connectivity index (χ0n) is 16.6. The molecule has 0 aliphatic carbocycles. The number of rotatable bonds is 6. The number of carbonyl (C=O) groups is 2. The van der Waals surface area contributed by atoms with Crippen LogP contribution < -0.4 is 16.6 Å². The van der Waals surface area contributed by atoms with Gasteiger partial charge in [0.1, 0.15) is 0 Å². The minimum atomic E-state index is -3.91. The first-order chi connectivity index (χ1) is 15.0. The summed E-state index contributed by atoms with van der Waals surface area (Å²) in [5.74, 6) is 0.360. The Morgan fingerprint density at radius 2 is 1.75 bits per heavy atom. The number of primary sulfonamides is 1. The fourth-order valence-electron chi connectivity index (χ4n) is 3.31. The predicted octanol–water partition coefficient (Wildman–Crippen LogP) is 1.62. The zero-order valence-corrected chi connectivity index (χ0v) is 17.4. The molecule has 9 nitrogen and oxygen atoms in total. The molecule has 0 aliphatic rings. The molecule has 0 saturated carbocycles. The Labute approximate surface area is 183 Å². The molecule has 0 spiro atoms. The lowest BCUT2D eigenvalue weighted by Gasteiger charge is -2.16. The standard InChI is InChI=1S/C22H18N4O5S/c1-2-3-13-8-9-26-20(22(28)29)18(13)14-10-16(19(23)17(11-14)21(24)27)12-4-6-15(7-5-12)32(25,30)31/h1,4-11H,3,23H2,(H2,24,27)(H,28,29)(H2,25,30,31). The maximum absolute atomic E-state index is 12.1. The average molecular weight is 450 g/mol. The van der Waals surface area contributed by atoms with Crippen LogP contribution in [0.15, 0.2) is 53.6 Å². The first-order valence-corrected chi connectivity index (χ1v) is 10.6. The number of carboxylic acid groups (broad SMARTS) is 1. The lowest BCUT2D eigenvalue weighted by Crippen LogP contribution is -2.15. The third-order valence-corrected chi connectivity index (χ3v) is 5.69. The van der Waals surface area contributed by atoms with Gasteiger partial charge in [-0.15, -0.1) is 12.3 Å². The number of pyridine rings is 1. The van der Waals surface area contributed by atoms with Gasteiger partial charge in [-0.05, 0) is 47.0 Å². The number of nitrogen functional groups attached to an aromatic ring is 1. The average Bonchev–Trinajstić information content (AvgIpc) is 2.73. The van der Waals surface area contributed by atoms with Crippen molar-refractivity contribution in [2.24, 2.45) is 10.9 Å². The summed E-state index contributed by atoms with van der Waals surface area (Å²) in [7, 11) is -3.91. The number of nitrogens with two attached hydrogens (primary N) is 3. The van der Waals surface area contributed by atoms with Crippen molar-refractivity contribution in [1.29, 1.82) is 0 Å². The monoisotopic (exact) mass is 450 g/mol. The predicted molar refractivity (Wildman–Crippen MR) is 119 cm³/mol. The lowest BCUT2D eigenvalue weighted by atomic mass is 9.90. The van der Waals surface area contributed by atoms with Crippen LogP contribution in [0.1, 0.15) is 26.4 Å². The number of primary amides is 1. The number of hydrogen-bond acceptors (Lipinski definition) is 6. The number of aromatic nitrogens is 1. The van der Waals surface area contributed by atoms with Gasteiger partial charge in [-0.1, -0.05) is 12.1 Å². The second-order valence-corrected chi connectivity index (χ2v) is 8.36. The Kier molecular flexibility index (Phi) is 5.98. The van der Waals surface area contributed by atoms with Crippen LogP contribution in [0.3, 0.4) is 0 Å². The van der Waals surface area contributed by atoms with Crippen LogP contribution >= 0.6 is 0 Å². The lowest BCUT2D eigenvalue weighted by molar-refractivity contribution is 0.0691. The van der Waals surface area contributed by atoms with Gasteiger partial charge in [0.05, 0.1) is 16.1 Å². The number of carbonyl (C=O) groups excluding carboxylic acids is 1. The van der Waals surface area contributed by atoms with Crippen LogP contribution in [-0.2, 0) is 16.4 Å². The minimum absolute atomic E-state index is 0.0418. The molecule has 0 saturated heterocycles. The summed E-state index contributed by atoms with van der Waals surface area (Å²) in [5, 5.41) is 14.8. The first kappa shape index (κ1) is 22.5. The molecular weight excluding hydrogens is 432 g/mol. The van der Waals surface area contributed by atoms with Crippen LogP contribution in [0, 0.1) is 12.3 Å². The van der Waals surface area contributed by atoms with E-state index >= 15 is 0 Å². The highest BCUT2D eigenvalue weighted by atomic mass is 32.2. The second kappa shape index (κ2) is 8.50. The summed E-state index contributed by atoms with van der Waals surface area (Å²) < 4.78 is 23.1. The van der Waals surface area contributed by atoms with Crippen LogP contribution in [0.4, 0.5) is 5.69 Å². The number of carboxylic acids is 1. The van der Waals surface area contributed by atoms with Crippen molar-refractivity contribution in [3.05, 3.63) is 65.5 Å². The molecular formula is C22H18N4O5S. The van der Waals surface area contributed by atoms with Gasteiger partial charge in [0.2, 0.25) is 10.0 Å². The molecule has 1 heterocycles. The number of benzene rings is 2. The third kappa shape index (κ3) is 4.29. The fraction of sp³-hybridized carbons (Fsp3) is 0.0455. The quantitative estimate of drug-likeness (QED) is 0.325. The van der Waals surface area contributed by atoms with E-state index < -0.39 is 21.9 Å². The van der Waals surface area contributed by atoms with E-state index in [9.17, 15) is 23.1 Å². The number of sulfonamides is 1. The number of amides is 1. The van der Waals surface area contributed by atoms with Crippen LogP contribution in [0.25, 0.3) is 22.3 Å². The summed E-state index contributed by atoms with van der Waals surface area (Å²) in [4.78, 5) is 27.7. The van der Waals surface area contributed by atoms with Gasteiger partial charge < -0.3 is 16.6 Å². The zero-order chi connectivity index (χ0) is 23.6. The number of aromatic carboxylic acids is 1. The molecule has 32 heavy (non-hydrogen) atoms. The molecule has 0 bridgehead atoms. The van der Waals surface area contributed by atoms with Crippen molar-refractivity contribution in [2.45, 2.75) is 11.3 Å². The molecule has 3 rings (SSSR count). The van der Waals surface area contributed by atoms with Gasteiger partial charge >= 0.3 is 5.97 Å². The van der Waals surface area contributed by atoms with E-state index in [0.717, 1.165) is 0 Å². The Hall–Kier alpha value is -4.20. The molecule has 0 fully saturated rings. The van der Waals surface area contributed by atoms with E-state index in [1.807, 2.05) is 0 Å². The number of terminal acetylenes is 1. The SMILES string of the molecule is C#CCc1ccnc(C(=O)O)c1-c1cc(C(N)=O)c(N)c(-c2ccc(S(N)(=O)=O)cc2)c1. The molecule has 1 aromatic heterocycles. The highest BCUT2D eigenvalue weighted by molar-refractivity contribution is 7.89. The first-order valence-electron chi connectivity index (χ1n) is 9.06. The number of anilines is 1. The molecule has 0 aliphatic heterocycles. The smallest absolute Gasteiger partial charge is 0.355 e. The van der Waals surface area contributed by atoms with Gasteiger partial charge in [-0.3, -0.25) is 4.79 Å². The maximum atomic E-state index is 12.1. The number of hydrogen-bond donors (Lipinski definition) is 4. The normalized spacial score (nSPS) is 11.0. The van der Waals surface area contributed by atoms with E-state index in [2.05, 4.69) is 10.9 Å². The number of nitrogens with zero attached hydrogens (tertiary/aromatic N) is 1. The highest BCUT2D eigenvalue weighted by Crippen LogP contribution is 2.37. The Morgan fingerprint density at radius 1 is 1.09 bits per heavy atom. The minimum Gasteiger partial charge on any atom is -0.476 e. The summed E-state index contributed by atoms with van der Waals surface area (Å²) in [6.07, 6.45) is 6.88. The van der Waals surface area contributed by atoms with Gasteiger partial charge in [-0.25, -0.2) is 23.3 Å². The van der Waals surface area contributed by atoms with Crippen molar-refractivity contribution in [1.82, 2.24) is 4.98 Å². The Balaban J connectivity index is 2.34. The van der Waals surface area contributed by atoms with Gasteiger partial charge in [0.15, 0.2) is 5.69 Å². The Morgan fingerprint density at radius 3 is 2.28 bits per heavy atom. The topological polar surface area (TPSA) is 179 Å². The van der Waals surface area contributed by atoms with E-state index in [0.29, 0.717) is 22.3 Å². The summed E-state index contributed by atoms with van der Waals surface area (Å²) >= 11 is 0. The molecule has 162 valence electrons. The van der Waals surface area contributed by atoms with Crippen molar-refractivity contribution in [3.8, 4) is 34.6 Å². The van der Waals surface area contributed by atoms with Crippen LogP contribution in [0.2, 0.25) is 0 Å². The van der Waals surface area contributed by atoms with Crippen LogP contribution in [-0.4, -0.2) is 30.4 Å². The van der Waals surface area contributed by atoms with Gasteiger partial charge in [0.25, 0.3) is 5.91 Å².